The number of aromatic nitrogens is 7. The summed E-state index contributed by atoms with van der Waals surface area (Å²) in [6, 6.07) is 7.59. The molecule has 0 spiro atoms. The minimum Gasteiger partial charge on any atom is -0.346 e. The minimum absolute atomic E-state index is 0.0289. The van der Waals surface area contributed by atoms with Crippen LogP contribution < -0.4 is 10.0 Å². The van der Waals surface area contributed by atoms with Crippen molar-refractivity contribution in [1.82, 2.24) is 39.4 Å². The average molecular weight is 836 g/mol. The number of anilines is 1. The Kier molecular flexibility index (Phi) is 8.95. The first-order valence-corrected chi connectivity index (χ1v) is 19.4. The Hall–Kier alpha value is -5.50. The Morgan fingerprint density at radius 2 is 1.74 bits per heavy atom. The molecule has 1 fully saturated rings. The van der Waals surface area contributed by atoms with Crippen molar-refractivity contribution >= 4 is 44.3 Å². The number of carbonyl (C=O) groups is 1. The zero-order valence-corrected chi connectivity index (χ0v) is 31.4. The van der Waals surface area contributed by atoms with E-state index in [2.05, 4.69) is 25.2 Å². The quantitative estimate of drug-likeness (QED) is 0.144. The summed E-state index contributed by atoms with van der Waals surface area (Å²) >= 11 is 6.58. The number of alkyl halides is 5. The Morgan fingerprint density at radius 1 is 1.04 bits per heavy atom. The van der Waals surface area contributed by atoms with Gasteiger partial charge in [-0.05, 0) is 48.6 Å². The number of amides is 1. The van der Waals surface area contributed by atoms with Gasteiger partial charge in [0.2, 0.25) is 15.9 Å². The van der Waals surface area contributed by atoms with Gasteiger partial charge in [-0.1, -0.05) is 23.7 Å². The van der Waals surface area contributed by atoms with E-state index in [1.54, 1.807) is 36.0 Å². The number of nitrogens with zero attached hydrogens (tertiary/aromatic N) is 7. The van der Waals surface area contributed by atoms with Crippen LogP contribution in [0.5, 0.6) is 0 Å². The maximum absolute atomic E-state index is 15.4. The lowest BCUT2D eigenvalue weighted by atomic mass is 9.93. The van der Waals surface area contributed by atoms with Gasteiger partial charge in [0, 0.05) is 49.0 Å². The van der Waals surface area contributed by atoms with Crippen molar-refractivity contribution in [3.8, 4) is 22.5 Å². The lowest BCUT2D eigenvalue weighted by molar-refractivity contribution is -0.142. The van der Waals surface area contributed by atoms with Crippen molar-refractivity contribution in [3.05, 3.63) is 99.9 Å². The molecular weight excluding hydrogens is 807 g/mol. The molecule has 1 unspecified atom stereocenters. The molecule has 4 aromatic heterocycles. The van der Waals surface area contributed by atoms with E-state index in [-0.39, 0.29) is 51.6 Å². The molecule has 298 valence electrons. The lowest BCUT2D eigenvalue weighted by Crippen LogP contribution is -2.35. The molecule has 0 bridgehead atoms. The van der Waals surface area contributed by atoms with E-state index in [4.69, 9.17) is 16.6 Å². The Morgan fingerprint density at radius 3 is 2.39 bits per heavy atom. The predicted molar refractivity (Wildman–Crippen MR) is 193 cm³/mol. The second-order valence-corrected chi connectivity index (χ2v) is 16.3. The van der Waals surface area contributed by atoms with E-state index < -0.39 is 81.0 Å². The van der Waals surface area contributed by atoms with Crippen LogP contribution in [0.25, 0.3) is 33.4 Å². The number of hydrogen-bond acceptors (Lipinski definition) is 7. The van der Waals surface area contributed by atoms with Gasteiger partial charge in [-0.3, -0.25) is 18.9 Å². The molecule has 0 saturated heterocycles. The number of rotatable bonds is 10. The van der Waals surface area contributed by atoms with E-state index in [1.807, 2.05) is 0 Å². The molecule has 12 nitrogen and oxygen atoms in total. The van der Waals surface area contributed by atoms with Gasteiger partial charge in [0.05, 0.1) is 45.9 Å². The second kappa shape index (κ2) is 13.3. The molecule has 57 heavy (non-hydrogen) atoms. The summed E-state index contributed by atoms with van der Waals surface area (Å²) in [6.45, 7) is -1.07. The largest absolute Gasteiger partial charge is 0.435 e. The fraction of sp³-hybridized carbons (Fsp3) is 0.306. The number of nitrogens with one attached hydrogen (secondary N) is 2. The van der Waals surface area contributed by atoms with Gasteiger partial charge < -0.3 is 9.88 Å². The standard InChI is InChI=1S/C36H29ClF7N9O3S/c1-51-13-26(45-15-51)24-7-5-19(20-4-6-23(37)29-31(20)52(2)49-34(29)50-57(3,55)56)30(47-24)25(10-16-8-17(38)11-18(39)9-16)46-27(54)14-53-33-28(32(48-53)36(42,43)44)21-12-22(21)35(33,40)41/h4-9,11,13,15,21-22,25H,10,12,14H2,1-3H3,(H,46,54)(H,49,50)/t21-,22?,25-/m0/s1. The summed E-state index contributed by atoms with van der Waals surface area (Å²) in [5, 5.41) is 10.8. The van der Waals surface area contributed by atoms with E-state index in [9.17, 15) is 35.2 Å². The molecule has 8 rings (SSSR count). The summed E-state index contributed by atoms with van der Waals surface area (Å²) in [5.74, 6) is -9.11. The first-order valence-electron chi connectivity index (χ1n) is 17.1. The number of fused-ring (bicyclic) bond motifs is 4. The number of pyridine rings is 1. The number of benzene rings is 2. The smallest absolute Gasteiger partial charge is 0.346 e. The van der Waals surface area contributed by atoms with Gasteiger partial charge in [-0.15, -0.1) is 0 Å². The van der Waals surface area contributed by atoms with Crippen LogP contribution in [0.3, 0.4) is 0 Å². The van der Waals surface area contributed by atoms with Crippen LogP contribution in [-0.2, 0) is 54.0 Å². The molecule has 2 aliphatic carbocycles. The fourth-order valence-corrected chi connectivity index (χ4v) is 8.38. The van der Waals surface area contributed by atoms with E-state index in [0.717, 1.165) is 18.4 Å². The van der Waals surface area contributed by atoms with Crippen LogP contribution in [0.4, 0.5) is 36.6 Å². The van der Waals surface area contributed by atoms with Crippen molar-refractivity contribution in [2.45, 2.75) is 43.4 Å². The predicted octanol–water partition coefficient (Wildman–Crippen LogP) is 6.86. The van der Waals surface area contributed by atoms with Crippen LogP contribution in [0.1, 0.15) is 46.6 Å². The highest BCUT2D eigenvalue weighted by Gasteiger charge is 2.68. The molecule has 6 aromatic rings. The first kappa shape index (κ1) is 38.4. The highest BCUT2D eigenvalue weighted by atomic mass is 35.5. The highest BCUT2D eigenvalue weighted by Crippen LogP contribution is 2.68. The minimum atomic E-state index is -5.07. The fourth-order valence-electron chi connectivity index (χ4n) is 7.65. The average Bonchev–Trinajstić information content (AvgIpc) is 3.32. The first-order chi connectivity index (χ1) is 26.7. The Balaban J connectivity index is 1.29. The number of hydrogen-bond donors (Lipinski definition) is 2. The Bertz CT molecular complexity index is 2730. The molecule has 0 aliphatic heterocycles. The van der Waals surface area contributed by atoms with Gasteiger partial charge in [-0.25, -0.2) is 27.2 Å². The topological polar surface area (TPSA) is 142 Å². The van der Waals surface area contributed by atoms with E-state index >= 15 is 8.78 Å². The third kappa shape index (κ3) is 6.98. The number of imidazole rings is 1. The third-order valence-corrected chi connectivity index (χ3v) is 10.8. The summed E-state index contributed by atoms with van der Waals surface area (Å²) in [5.41, 5.74) is -1.44. The van der Waals surface area contributed by atoms with Gasteiger partial charge in [0.1, 0.15) is 29.6 Å². The third-order valence-electron chi connectivity index (χ3n) is 9.92. The van der Waals surface area contributed by atoms with Crippen LogP contribution in [-0.4, -0.2) is 54.7 Å². The lowest BCUT2D eigenvalue weighted by Gasteiger charge is -2.23. The number of sulfonamides is 1. The summed E-state index contributed by atoms with van der Waals surface area (Å²) in [4.78, 5) is 23.1. The SMILES string of the molecule is Cn1cnc(-c2ccc(-c3ccc(Cl)c4c(NS(C)(=O)=O)nn(C)c34)c([C@H](Cc3cc(F)cc(F)c3)NC(=O)Cn3nc(C(F)(F)F)c4c3C(F)(F)C3C[C@H]43)n2)c1. The van der Waals surface area contributed by atoms with Crippen molar-refractivity contribution in [2.75, 3.05) is 11.0 Å². The number of aryl methyl sites for hydroxylation is 2. The summed E-state index contributed by atoms with van der Waals surface area (Å²) < 4.78 is 132. The van der Waals surface area contributed by atoms with Crippen LogP contribution in [0.15, 0.2) is 55.0 Å². The van der Waals surface area contributed by atoms with Gasteiger partial charge in [-0.2, -0.15) is 32.1 Å². The van der Waals surface area contributed by atoms with Crippen molar-refractivity contribution in [2.24, 2.45) is 20.0 Å². The van der Waals surface area contributed by atoms with E-state index in [1.165, 1.54) is 24.1 Å². The van der Waals surface area contributed by atoms with Crippen molar-refractivity contribution in [1.29, 1.82) is 0 Å². The van der Waals surface area contributed by atoms with Crippen LogP contribution in [0.2, 0.25) is 5.02 Å². The highest BCUT2D eigenvalue weighted by molar-refractivity contribution is 7.92. The molecule has 4 heterocycles. The second-order valence-electron chi connectivity index (χ2n) is 14.2. The van der Waals surface area contributed by atoms with Crippen LogP contribution in [0, 0.1) is 17.6 Å². The molecule has 3 atom stereocenters. The molecule has 1 amide bonds. The maximum atomic E-state index is 15.4. The van der Waals surface area contributed by atoms with Crippen molar-refractivity contribution < 1.29 is 43.9 Å². The zero-order valence-electron chi connectivity index (χ0n) is 29.8. The van der Waals surface area contributed by atoms with Gasteiger partial charge in [0.15, 0.2) is 11.5 Å². The molecule has 0 radical (unpaired) electrons. The molecule has 1 saturated carbocycles. The van der Waals surface area contributed by atoms with Crippen molar-refractivity contribution in [3.63, 3.8) is 0 Å². The number of halogens is 8. The summed E-state index contributed by atoms with van der Waals surface area (Å²) in [6.07, 6.45) is -1.49. The van der Waals surface area contributed by atoms with Gasteiger partial charge in [0.25, 0.3) is 5.92 Å². The van der Waals surface area contributed by atoms with Gasteiger partial charge >= 0.3 is 6.18 Å². The summed E-state index contributed by atoms with van der Waals surface area (Å²) in [7, 11) is -0.597. The van der Waals surface area contributed by atoms with Crippen LogP contribution >= 0.6 is 11.6 Å². The zero-order chi connectivity index (χ0) is 40.9. The monoisotopic (exact) mass is 835 g/mol. The number of carbonyl (C=O) groups excluding carboxylic acids is 1. The Labute approximate surface area is 323 Å². The molecular formula is C36H29ClF7N9O3S. The molecule has 2 aromatic carbocycles. The maximum Gasteiger partial charge on any atom is 0.435 e. The molecule has 2 N–H and O–H groups in total. The molecule has 2 aliphatic rings. The molecule has 21 heteroatoms. The normalized spacial score (nSPS) is 17.7. The van der Waals surface area contributed by atoms with E-state index in [0.29, 0.717) is 27.5 Å².